The second-order valence-electron chi connectivity index (χ2n) is 5.47. The third-order valence-corrected chi connectivity index (χ3v) is 3.90. The van der Waals surface area contributed by atoms with Crippen LogP contribution in [0.5, 0.6) is 11.5 Å². The third-order valence-electron chi connectivity index (χ3n) is 3.90. The summed E-state index contributed by atoms with van der Waals surface area (Å²) in [6.07, 6.45) is 0.737. The van der Waals surface area contributed by atoms with E-state index in [4.69, 9.17) is 9.47 Å². The van der Waals surface area contributed by atoms with Crippen LogP contribution < -0.4 is 14.8 Å². The highest BCUT2D eigenvalue weighted by atomic mass is 16.6. The first-order valence-corrected chi connectivity index (χ1v) is 8.03. The molecule has 0 aliphatic carbocycles. The molecular weight excluding hydrogens is 314 g/mol. The number of nitro benzene ring substituents is 1. The Balaban J connectivity index is 2.13. The molecule has 0 bridgehead atoms. The fraction of sp³-hybridized carbons (Fsp3) is 0.562. The Kier molecular flexibility index (Phi) is 6.36. The van der Waals surface area contributed by atoms with Crippen LogP contribution in [0.3, 0.4) is 0 Å². The molecule has 1 heterocycles. The number of piperazine rings is 1. The Bertz CT molecular complexity index is 600. The SMILES string of the molecule is CCOc1c(OC)cc(CCC(=O)N2CCNCC2)cc1[N+](=O)[O-]. The van der Waals surface area contributed by atoms with E-state index in [1.165, 1.54) is 13.2 Å². The van der Waals surface area contributed by atoms with Gasteiger partial charge in [-0.3, -0.25) is 14.9 Å². The number of rotatable bonds is 7. The first kappa shape index (κ1) is 18.0. The van der Waals surface area contributed by atoms with Gasteiger partial charge >= 0.3 is 5.69 Å². The van der Waals surface area contributed by atoms with E-state index in [9.17, 15) is 14.9 Å². The van der Waals surface area contributed by atoms with E-state index in [0.717, 1.165) is 13.1 Å². The highest BCUT2D eigenvalue weighted by molar-refractivity contribution is 5.76. The second-order valence-corrected chi connectivity index (χ2v) is 5.47. The molecule has 0 saturated carbocycles. The molecule has 0 aromatic heterocycles. The molecule has 1 N–H and O–H groups in total. The van der Waals surface area contributed by atoms with Gasteiger partial charge in [-0.2, -0.15) is 0 Å². The first-order chi connectivity index (χ1) is 11.6. The molecule has 0 spiro atoms. The van der Waals surface area contributed by atoms with Gasteiger partial charge in [-0.05, 0) is 25.0 Å². The van der Waals surface area contributed by atoms with E-state index in [2.05, 4.69) is 5.32 Å². The molecule has 2 rings (SSSR count). The summed E-state index contributed by atoms with van der Waals surface area (Å²) in [5, 5.41) is 14.5. The molecule has 1 amide bonds. The summed E-state index contributed by atoms with van der Waals surface area (Å²) >= 11 is 0. The molecule has 132 valence electrons. The van der Waals surface area contributed by atoms with Gasteiger partial charge in [0.05, 0.1) is 18.6 Å². The number of nitrogens with one attached hydrogen (secondary N) is 1. The van der Waals surface area contributed by atoms with Gasteiger partial charge in [0.25, 0.3) is 0 Å². The van der Waals surface area contributed by atoms with Crippen molar-refractivity contribution in [2.24, 2.45) is 0 Å². The Hall–Kier alpha value is -2.35. The fourth-order valence-corrected chi connectivity index (χ4v) is 2.69. The largest absolute Gasteiger partial charge is 0.493 e. The predicted molar refractivity (Wildman–Crippen MR) is 88.6 cm³/mol. The van der Waals surface area contributed by atoms with E-state index < -0.39 is 4.92 Å². The van der Waals surface area contributed by atoms with Crippen molar-refractivity contribution in [3.05, 3.63) is 27.8 Å². The van der Waals surface area contributed by atoms with Crippen molar-refractivity contribution in [3.63, 3.8) is 0 Å². The summed E-state index contributed by atoms with van der Waals surface area (Å²) in [6, 6.07) is 3.15. The van der Waals surface area contributed by atoms with Crippen LogP contribution in [-0.4, -0.2) is 55.6 Å². The monoisotopic (exact) mass is 337 g/mol. The molecule has 24 heavy (non-hydrogen) atoms. The second kappa shape index (κ2) is 8.49. The van der Waals surface area contributed by atoms with E-state index >= 15 is 0 Å². The zero-order chi connectivity index (χ0) is 17.5. The Labute approximate surface area is 140 Å². The average molecular weight is 337 g/mol. The minimum atomic E-state index is -0.491. The number of benzene rings is 1. The van der Waals surface area contributed by atoms with E-state index in [1.807, 2.05) is 4.90 Å². The number of ether oxygens (including phenoxy) is 2. The summed E-state index contributed by atoms with van der Waals surface area (Å²) in [6.45, 7) is 5.06. The van der Waals surface area contributed by atoms with Crippen LogP contribution >= 0.6 is 0 Å². The Morgan fingerprint density at radius 3 is 2.67 bits per heavy atom. The molecule has 1 aliphatic rings. The third kappa shape index (κ3) is 4.35. The topological polar surface area (TPSA) is 93.9 Å². The van der Waals surface area contributed by atoms with Crippen LogP contribution in [0.25, 0.3) is 0 Å². The standard InChI is InChI=1S/C16H23N3O5/c1-3-24-16-13(19(21)22)10-12(11-14(16)23-2)4-5-15(20)18-8-6-17-7-9-18/h10-11,17H,3-9H2,1-2H3. The molecule has 1 aromatic rings. The van der Waals surface area contributed by atoms with Crippen molar-refractivity contribution >= 4 is 11.6 Å². The van der Waals surface area contributed by atoms with Gasteiger partial charge in [-0.15, -0.1) is 0 Å². The molecule has 1 saturated heterocycles. The maximum Gasteiger partial charge on any atom is 0.315 e. The number of amides is 1. The molecule has 1 aromatic carbocycles. The minimum absolute atomic E-state index is 0.0620. The van der Waals surface area contributed by atoms with Crippen molar-refractivity contribution in [1.29, 1.82) is 0 Å². The zero-order valence-corrected chi connectivity index (χ0v) is 14.0. The molecule has 0 radical (unpaired) electrons. The van der Waals surface area contributed by atoms with Gasteiger partial charge in [0.2, 0.25) is 11.7 Å². The maximum absolute atomic E-state index is 12.2. The summed E-state index contributed by atoms with van der Waals surface area (Å²) in [4.78, 5) is 24.8. The summed E-state index contributed by atoms with van der Waals surface area (Å²) < 4.78 is 10.6. The van der Waals surface area contributed by atoms with Gasteiger partial charge in [0.15, 0.2) is 5.75 Å². The Morgan fingerprint density at radius 1 is 1.38 bits per heavy atom. The lowest BCUT2D eigenvalue weighted by atomic mass is 10.1. The lowest BCUT2D eigenvalue weighted by Crippen LogP contribution is -2.46. The molecular formula is C16H23N3O5. The quantitative estimate of drug-likeness (QED) is 0.596. The average Bonchev–Trinajstić information content (AvgIpc) is 2.60. The van der Waals surface area contributed by atoms with Gasteiger partial charge < -0.3 is 19.7 Å². The normalized spacial score (nSPS) is 14.3. The van der Waals surface area contributed by atoms with Crippen molar-refractivity contribution < 1.29 is 19.2 Å². The number of carbonyl (C=O) groups is 1. The first-order valence-electron chi connectivity index (χ1n) is 8.03. The van der Waals surface area contributed by atoms with Gasteiger partial charge in [-0.25, -0.2) is 0 Å². The highest BCUT2D eigenvalue weighted by Gasteiger charge is 2.23. The summed E-state index contributed by atoms with van der Waals surface area (Å²) in [7, 11) is 1.44. The van der Waals surface area contributed by atoms with E-state index in [1.54, 1.807) is 13.0 Å². The van der Waals surface area contributed by atoms with E-state index in [0.29, 0.717) is 43.9 Å². The lowest BCUT2D eigenvalue weighted by molar-refractivity contribution is -0.386. The lowest BCUT2D eigenvalue weighted by Gasteiger charge is -2.27. The van der Waals surface area contributed by atoms with Crippen molar-refractivity contribution in [2.45, 2.75) is 19.8 Å². The molecule has 1 fully saturated rings. The van der Waals surface area contributed by atoms with Crippen molar-refractivity contribution in [3.8, 4) is 11.5 Å². The van der Waals surface area contributed by atoms with E-state index in [-0.39, 0.29) is 17.3 Å². The minimum Gasteiger partial charge on any atom is -0.493 e. The predicted octanol–water partition coefficient (Wildman–Crippen LogP) is 1.37. The molecule has 0 atom stereocenters. The maximum atomic E-state index is 12.2. The molecule has 8 nitrogen and oxygen atoms in total. The van der Waals surface area contributed by atoms with Crippen LogP contribution in [-0.2, 0) is 11.2 Å². The van der Waals surface area contributed by atoms with Crippen LogP contribution in [0.2, 0.25) is 0 Å². The van der Waals surface area contributed by atoms with Crippen LogP contribution in [0.4, 0.5) is 5.69 Å². The van der Waals surface area contributed by atoms with Crippen LogP contribution in [0.1, 0.15) is 18.9 Å². The number of hydrogen-bond donors (Lipinski definition) is 1. The highest BCUT2D eigenvalue weighted by Crippen LogP contribution is 2.38. The fourth-order valence-electron chi connectivity index (χ4n) is 2.69. The summed E-state index contributed by atoms with van der Waals surface area (Å²) in [5.41, 5.74) is 0.548. The number of aryl methyl sites for hydroxylation is 1. The van der Waals surface area contributed by atoms with Gasteiger partial charge in [0, 0.05) is 38.7 Å². The number of carbonyl (C=O) groups excluding carboxylic acids is 1. The molecule has 8 heteroatoms. The Morgan fingerprint density at radius 2 is 2.08 bits per heavy atom. The number of nitrogens with zero attached hydrogens (tertiary/aromatic N) is 2. The van der Waals surface area contributed by atoms with Gasteiger partial charge in [0.1, 0.15) is 0 Å². The van der Waals surface area contributed by atoms with Crippen LogP contribution in [0, 0.1) is 10.1 Å². The number of methoxy groups -OCH3 is 1. The van der Waals surface area contributed by atoms with Crippen molar-refractivity contribution in [2.75, 3.05) is 39.9 Å². The molecule has 0 unspecified atom stereocenters. The molecule has 1 aliphatic heterocycles. The number of nitro groups is 1. The zero-order valence-electron chi connectivity index (χ0n) is 14.0. The van der Waals surface area contributed by atoms with Gasteiger partial charge in [-0.1, -0.05) is 0 Å². The summed E-state index contributed by atoms with van der Waals surface area (Å²) in [5.74, 6) is 0.504. The smallest absolute Gasteiger partial charge is 0.315 e. The number of hydrogen-bond acceptors (Lipinski definition) is 6. The van der Waals surface area contributed by atoms with Crippen molar-refractivity contribution in [1.82, 2.24) is 10.2 Å². The van der Waals surface area contributed by atoms with Crippen LogP contribution in [0.15, 0.2) is 12.1 Å².